The van der Waals surface area contributed by atoms with E-state index in [0.29, 0.717) is 22.8 Å². The van der Waals surface area contributed by atoms with E-state index in [9.17, 15) is 4.79 Å². The Morgan fingerprint density at radius 1 is 0.577 bits per heavy atom. The van der Waals surface area contributed by atoms with E-state index < -0.39 is 5.97 Å². The van der Waals surface area contributed by atoms with Crippen molar-refractivity contribution in [2.24, 2.45) is 0 Å². The summed E-state index contributed by atoms with van der Waals surface area (Å²) in [6.45, 7) is 0. The molecule has 0 atom stereocenters. The van der Waals surface area contributed by atoms with E-state index in [0.717, 1.165) is 10.8 Å². The third kappa shape index (κ3) is 3.57. The van der Waals surface area contributed by atoms with Crippen LogP contribution in [0.15, 0.2) is 97.1 Å². The average molecular weight is 340 g/mol. The zero-order valence-corrected chi connectivity index (χ0v) is 14.0. The van der Waals surface area contributed by atoms with E-state index in [1.807, 2.05) is 66.7 Å². The van der Waals surface area contributed by atoms with Crippen LogP contribution in [-0.2, 0) is 0 Å². The van der Waals surface area contributed by atoms with Crippen LogP contribution in [0.1, 0.15) is 10.4 Å². The van der Waals surface area contributed by atoms with Gasteiger partial charge in [0.25, 0.3) is 0 Å². The van der Waals surface area contributed by atoms with Gasteiger partial charge in [-0.2, -0.15) is 0 Å². The molecule has 0 N–H and O–H groups in total. The van der Waals surface area contributed by atoms with Crippen molar-refractivity contribution < 1.29 is 14.3 Å². The number of fused-ring (bicyclic) bond motifs is 1. The number of carbonyl (C=O) groups is 1. The number of esters is 1. The van der Waals surface area contributed by atoms with Gasteiger partial charge in [-0.1, -0.05) is 54.6 Å². The van der Waals surface area contributed by atoms with E-state index in [4.69, 9.17) is 9.47 Å². The molecule has 0 aliphatic heterocycles. The second-order valence-corrected chi connectivity index (χ2v) is 5.84. The largest absolute Gasteiger partial charge is 0.457 e. The molecule has 3 heteroatoms. The molecule has 4 aromatic rings. The van der Waals surface area contributed by atoms with Crippen LogP contribution in [0, 0.1) is 0 Å². The maximum absolute atomic E-state index is 12.5. The van der Waals surface area contributed by atoms with Crippen LogP contribution in [0.25, 0.3) is 10.8 Å². The Bertz CT molecular complexity index is 1050. The molecule has 3 nitrogen and oxygen atoms in total. The minimum Gasteiger partial charge on any atom is -0.457 e. The van der Waals surface area contributed by atoms with Gasteiger partial charge in [0.1, 0.15) is 17.2 Å². The molecule has 0 bridgehead atoms. The predicted molar refractivity (Wildman–Crippen MR) is 102 cm³/mol. The maximum atomic E-state index is 12.5. The SMILES string of the molecule is O=C(Oc1ccc2ccccc2c1)c1cccc(Oc2ccccc2)c1. The average Bonchev–Trinajstić information content (AvgIpc) is 2.69. The van der Waals surface area contributed by atoms with E-state index >= 15 is 0 Å². The van der Waals surface area contributed by atoms with Gasteiger partial charge in [0.2, 0.25) is 0 Å². The van der Waals surface area contributed by atoms with Crippen molar-refractivity contribution in [3.8, 4) is 17.2 Å². The van der Waals surface area contributed by atoms with Crippen LogP contribution >= 0.6 is 0 Å². The van der Waals surface area contributed by atoms with Crippen LogP contribution in [0.2, 0.25) is 0 Å². The molecule has 126 valence electrons. The minimum absolute atomic E-state index is 0.418. The Morgan fingerprint density at radius 2 is 1.31 bits per heavy atom. The van der Waals surface area contributed by atoms with Gasteiger partial charge in [-0.15, -0.1) is 0 Å². The van der Waals surface area contributed by atoms with E-state index in [1.165, 1.54) is 0 Å². The van der Waals surface area contributed by atoms with Gasteiger partial charge in [0, 0.05) is 0 Å². The van der Waals surface area contributed by atoms with Crippen LogP contribution in [-0.4, -0.2) is 5.97 Å². The highest BCUT2D eigenvalue weighted by atomic mass is 16.5. The van der Waals surface area contributed by atoms with Crippen LogP contribution in [0.5, 0.6) is 17.2 Å². The second kappa shape index (κ2) is 7.11. The first-order chi connectivity index (χ1) is 12.8. The Hall–Kier alpha value is -3.59. The molecule has 0 saturated carbocycles. The molecule has 0 saturated heterocycles. The molecule has 0 unspecified atom stereocenters. The third-order valence-corrected chi connectivity index (χ3v) is 3.98. The van der Waals surface area contributed by atoms with Crippen LogP contribution in [0.4, 0.5) is 0 Å². The molecular weight excluding hydrogens is 324 g/mol. The molecule has 26 heavy (non-hydrogen) atoms. The van der Waals surface area contributed by atoms with Crippen molar-refractivity contribution in [3.05, 3.63) is 103 Å². The summed E-state index contributed by atoms with van der Waals surface area (Å²) in [5, 5.41) is 2.13. The van der Waals surface area contributed by atoms with Crippen molar-refractivity contribution in [1.82, 2.24) is 0 Å². The molecule has 0 aliphatic rings. The normalized spacial score (nSPS) is 10.5. The highest BCUT2D eigenvalue weighted by Gasteiger charge is 2.10. The summed E-state index contributed by atoms with van der Waals surface area (Å²) in [6.07, 6.45) is 0. The lowest BCUT2D eigenvalue weighted by Gasteiger charge is -2.08. The zero-order chi connectivity index (χ0) is 17.8. The third-order valence-electron chi connectivity index (χ3n) is 3.98. The van der Waals surface area contributed by atoms with Crippen LogP contribution in [0.3, 0.4) is 0 Å². The van der Waals surface area contributed by atoms with Crippen LogP contribution < -0.4 is 9.47 Å². The molecule has 0 spiro atoms. The highest BCUT2D eigenvalue weighted by Crippen LogP contribution is 2.24. The Kier molecular flexibility index (Phi) is 4.35. The van der Waals surface area contributed by atoms with E-state index in [2.05, 4.69) is 0 Å². The monoisotopic (exact) mass is 340 g/mol. The quantitative estimate of drug-likeness (QED) is 0.345. The van der Waals surface area contributed by atoms with Gasteiger partial charge in [0.15, 0.2) is 0 Å². The summed E-state index contributed by atoms with van der Waals surface area (Å²) in [5.74, 6) is 1.40. The first kappa shape index (κ1) is 15.9. The van der Waals surface area contributed by atoms with Gasteiger partial charge >= 0.3 is 5.97 Å². The second-order valence-electron chi connectivity index (χ2n) is 5.84. The van der Waals surface area contributed by atoms with Crippen molar-refractivity contribution in [3.63, 3.8) is 0 Å². The lowest BCUT2D eigenvalue weighted by Crippen LogP contribution is -2.08. The molecule has 0 radical (unpaired) electrons. The topological polar surface area (TPSA) is 35.5 Å². The summed E-state index contributed by atoms with van der Waals surface area (Å²) >= 11 is 0. The summed E-state index contributed by atoms with van der Waals surface area (Å²) in [4.78, 5) is 12.5. The van der Waals surface area contributed by atoms with Crippen molar-refractivity contribution >= 4 is 16.7 Å². The maximum Gasteiger partial charge on any atom is 0.343 e. The zero-order valence-electron chi connectivity index (χ0n) is 14.0. The number of hydrogen-bond donors (Lipinski definition) is 0. The number of ether oxygens (including phenoxy) is 2. The van der Waals surface area contributed by atoms with E-state index in [-0.39, 0.29) is 0 Å². The molecule has 0 aromatic heterocycles. The Morgan fingerprint density at radius 3 is 2.15 bits per heavy atom. The van der Waals surface area contributed by atoms with Gasteiger partial charge in [-0.05, 0) is 53.2 Å². The fourth-order valence-corrected chi connectivity index (χ4v) is 2.71. The number of benzene rings is 4. The lowest BCUT2D eigenvalue weighted by atomic mass is 10.1. The summed E-state index contributed by atoms with van der Waals surface area (Å²) in [5.41, 5.74) is 0.437. The Labute approximate surface area is 151 Å². The minimum atomic E-state index is -0.418. The molecule has 0 fully saturated rings. The molecular formula is C23H16O3. The molecule has 4 rings (SSSR count). The van der Waals surface area contributed by atoms with Crippen molar-refractivity contribution in [2.75, 3.05) is 0 Å². The highest BCUT2D eigenvalue weighted by molar-refractivity contribution is 5.92. The number of hydrogen-bond acceptors (Lipinski definition) is 3. The van der Waals surface area contributed by atoms with Gasteiger partial charge in [-0.3, -0.25) is 0 Å². The number of para-hydroxylation sites is 1. The molecule has 0 aliphatic carbocycles. The fourth-order valence-electron chi connectivity index (χ4n) is 2.71. The first-order valence-corrected chi connectivity index (χ1v) is 8.32. The predicted octanol–water partition coefficient (Wildman–Crippen LogP) is 5.85. The number of carbonyl (C=O) groups excluding carboxylic acids is 1. The van der Waals surface area contributed by atoms with E-state index in [1.54, 1.807) is 30.3 Å². The molecule has 0 heterocycles. The Balaban J connectivity index is 1.53. The molecule has 0 amide bonds. The van der Waals surface area contributed by atoms with Gasteiger partial charge in [-0.25, -0.2) is 4.79 Å². The summed E-state index contributed by atoms with van der Waals surface area (Å²) < 4.78 is 11.3. The first-order valence-electron chi connectivity index (χ1n) is 8.32. The van der Waals surface area contributed by atoms with Crippen molar-refractivity contribution in [2.45, 2.75) is 0 Å². The number of rotatable bonds is 4. The van der Waals surface area contributed by atoms with Crippen molar-refractivity contribution in [1.29, 1.82) is 0 Å². The molecule has 4 aromatic carbocycles. The standard InChI is InChI=1S/C23H16O3/c24-23(26-22-14-13-17-7-4-5-8-18(17)15-22)19-9-6-12-21(16-19)25-20-10-2-1-3-11-20/h1-16H. The van der Waals surface area contributed by atoms with Gasteiger partial charge in [0.05, 0.1) is 5.56 Å². The van der Waals surface area contributed by atoms with Gasteiger partial charge < -0.3 is 9.47 Å². The smallest absolute Gasteiger partial charge is 0.343 e. The summed E-state index contributed by atoms with van der Waals surface area (Å²) in [6, 6.07) is 29.9. The summed E-state index contributed by atoms with van der Waals surface area (Å²) in [7, 11) is 0. The fraction of sp³-hybridized carbons (Fsp3) is 0. The lowest BCUT2D eigenvalue weighted by molar-refractivity contribution is 0.0734.